The van der Waals surface area contributed by atoms with Crippen molar-refractivity contribution in [2.75, 3.05) is 20.6 Å². The van der Waals surface area contributed by atoms with Crippen LogP contribution in [-0.4, -0.2) is 34.0 Å². The second-order valence-corrected chi connectivity index (χ2v) is 7.11. The van der Waals surface area contributed by atoms with Crippen molar-refractivity contribution >= 4 is 8.41 Å². The number of hydrogen-bond acceptors (Lipinski definition) is 1. The first-order valence-electron chi connectivity index (χ1n) is 9.92. The van der Waals surface area contributed by atoms with Gasteiger partial charge in [-0.3, -0.25) is 0 Å². The average molecular weight is 308 g/mol. The molecule has 0 atom stereocenters. The molecule has 0 saturated heterocycles. The zero-order valence-corrected chi connectivity index (χ0v) is 16.0. The van der Waals surface area contributed by atoms with E-state index in [1.54, 1.807) is 0 Å². The molecule has 0 aliphatic rings. The summed E-state index contributed by atoms with van der Waals surface area (Å²) in [6.07, 6.45) is 23.3. The maximum absolute atomic E-state index is 2.30. The molecule has 0 rings (SSSR count). The van der Waals surface area contributed by atoms with E-state index in [0.717, 1.165) is 0 Å². The molecule has 0 amide bonds. The molecule has 0 aromatic heterocycles. The van der Waals surface area contributed by atoms with Gasteiger partial charge in [0.1, 0.15) is 0 Å². The third-order valence-corrected chi connectivity index (χ3v) is 4.46. The van der Waals surface area contributed by atoms with E-state index in [0.29, 0.717) is 0 Å². The summed E-state index contributed by atoms with van der Waals surface area (Å²) < 4.78 is 0. The predicted molar refractivity (Wildman–Crippen MR) is 104 cm³/mol. The molecule has 0 aromatic carbocycles. The standard InChI is InChI=1S/C20H43N.B/c1-4-5-6-7-8-9-10-11-12-13-14-15-16-17-18-19-20-21(2)3;/h4-20H2,1-3H3;. The zero-order chi connectivity index (χ0) is 15.6. The average Bonchev–Trinajstić information content (AvgIpc) is 2.46. The Balaban J connectivity index is 0. The molecule has 22 heavy (non-hydrogen) atoms. The fourth-order valence-corrected chi connectivity index (χ4v) is 2.98. The summed E-state index contributed by atoms with van der Waals surface area (Å²) in [5.74, 6) is 0. The third-order valence-electron chi connectivity index (χ3n) is 4.46. The lowest BCUT2D eigenvalue weighted by Gasteiger charge is -2.08. The van der Waals surface area contributed by atoms with Gasteiger partial charge in [-0.15, -0.1) is 0 Å². The fourth-order valence-electron chi connectivity index (χ4n) is 2.98. The van der Waals surface area contributed by atoms with Crippen LogP contribution in [0.3, 0.4) is 0 Å². The summed E-state index contributed by atoms with van der Waals surface area (Å²) >= 11 is 0. The van der Waals surface area contributed by atoms with Gasteiger partial charge >= 0.3 is 0 Å². The molecule has 0 aliphatic carbocycles. The Labute approximate surface area is 144 Å². The largest absolute Gasteiger partial charge is 0.309 e. The monoisotopic (exact) mass is 308 g/mol. The van der Waals surface area contributed by atoms with Crippen LogP contribution in [0.4, 0.5) is 0 Å². The van der Waals surface area contributed by atoms with E-state index in [2.05, 4.69) is 25.9 Å². The summed E-state index contributed by atoms with van der Waals surface area (Å²) in [7, 11) is 4.34. The van der Waals surface area contributed by atoms with E-state index in [9.17, 15) is 0 Å². The van der Waals surface area contributed by atoms with Crippen molar-refractivity contribution in [1.29, 1.82) is 0 Å². The highest BCUT2D eigenvalue weighted by Gasteiger charge is 1.95. The van der Waals surface area contributed by atoms with Gasteiger partial charge in [0.2, 0.25) is 0 Å². The molecule has 0 N–H and O–H groups in total. The Morgan fingerprint density at radius 1 is 0.455 bits per heavy atom. The number of nitrogens with zero attached hydrogens (tertiary/aromatic N) is 1. The van der Waals surface area contributed by atoms with Gasteiger partial charge in [-0.05, 0) is 27.1 Å². The first-order valence-corrected chi connectivity index (χ1v) is 9.92. The summed E-state index contributed by atoms with van der Waals surface area (Å²) in [6, 6.07) is 0. The Morgan fingerprint density at radius 2 is 0.727 bits per heavy atom. The molecule has 0 aromatic rings. The predicted octanol–water partition coefficient (Wildman–Crippen LogP) is 6.43. The van der Waals surface area contributed by atoms with E-state index in [-0.39, 0.29) is 8.41 Å². The second-order valence-electron chi connectivity index (χ2n) is 7.11. The lowest BCUT2D eigenvalue weighted by Crippen LogP contribution is -2.12. The summed E-state index contributed by atoms with van der Waals surface area (Å²) in [5.41, 5.74) is 0. The van der Waals surface area contributed by atoms with Crippen molar-refractivity contribution in [3.8, 4) is 0 Å². The first-order chi connectivity index (χ1) is 10.3. The van der Waals surface area contributed by atoms with Crippen molar-refractivity contribution in [3.63, 3.8) is 0 Å². The van der Waals surface area contributed by atoms with E-state index in [1.807, 2.05) is 0 Å². The topological polar surface area (TPSA) is 3.24 Å². The van der Waals surface area contributed by atoms with Crippen LogP contribution in [-0.2, 0) is 0 Å². The lowest BCUT2D eigenvalue weighted by molar-refractivity contribution is 0.389. The van der Waals surface area contributed by atoms with Gasteiger partial charge in [0.25, 0.3) is 0 Å². The molecular weight excluding hydrogens is 265 g/mol. The molecule has 0 spiro atoms. The van der Waals surface area contributed by atoms with Gasteiger partial charge < -0.3 is 4.90 Å². The maximum atomic E-state index is 2.30. The molecule has 0 aliphatic heterocycles. The van der Waals surface area contributed by atoms with Gasteiger partial charge in [0.05, 0.1) is 0 Å². The smallest absolute Gasteiger partial charge is 0 e. The van der Waals surface area contributed by atoms with Gasteiger partial charge in [0.15, 0.2) is 0 Å². The minimum absolute atomic E-state index is 0. The highest BCUT2D eigenvalue weighted by atomic mass is 15.0. The van der Waals surface area contributed by atoms with Crippen LogP contribution in [0.5, 0.6) is 0 Å². The van der Waals surface area contributed by atoms with Crippen LogP contribution in [0, 0.1) is 0 Å². The lowest BCUT2D eigenvalue weighted by atomic mass is 10.0. The van der Waals surface area contributed by atoms with Gasteiger partial charge in [-0.1, -0.05) is 103 Å². The van der Waals surface area contributed by atoms with Crippen LogP contribution in [0.1, 0.15) is 110 Å². The molecular formula is C20H43BN. The van der Waals surface area contributed by atoms with E-state index in [1.165, 1.54) is 109 Å². The molecule has 0 saturated carbocycles. The summed E-state index contributed by atoms with van der Waals surface area (Å²) in [5, 5.41) is 0. The van der Waals surface area contributed by atoms with E-state index in [4.69, 9.17) is 0 Å². The van der Waals surface area contributed by atoms with E-state index < -0.39 is 0 Å². The third kappa shape index (κ3) is 22.3. The minimum atomic E-state index is 0. The summed E-state index contributed by atoms with van der Waals surface area (Å²) in [6.45, 7) is 3.56. The molecule has 3 radical (unpaired) electrons. The van der Waals surface area contributed by atoms with Gasteiger partial charge in [-0.25, -0.2) is 0 Å². The highest BCUT2D eigenvalue weighted by Crippen LogP contribution is 2.13. The van der Waals surface area contributed by atoms with Crippen LogP contribution < -0.4 is 0 Å². The normalized spacial score (nSPS) is 10.9. The van der Waals surface area contributed by atoms with E-state index >= 15 is 0 Å². The maximum Gasteiger partial charge on any atom is 0 e. The number of rotatable bonds is 17. The Morgan fingerprint density at radius 3 is 1.00 bits per heavy atom. The second kappa shape index (κ2) is 21.0. The molecule has 0 unspecified atom stereocenters. The molecule has 0 bridgehead atoms. The van der Waals surface area contributed by atoms with Crippen molar-refractivity contribution in [1.82, 2.24) is 4.90 Å². The van der Waals surface area contributed by atoms with Gasteiger partial charge in [-0.2, -0.15) is 0 Å². The molecule has 0 heterocycles. The minimum Gasteiger partial charge on any atom is -0.309 e. The number of hydrogen-bond donors (Lipinski definition) is 0. The SMILES string of the molecule is CCCCCCCCCCCCCCCCCCN(C)C.[B]. The van der Waals surface area contributed by atoms with Crippen LogP contribution >= 0.6 is 0 Å². The Hall–Kier alpha value is 0.0249. The Kier molecular flexibility index (Phi) is 23.2. The van der Waals surface area contributed by atoms with Crippen LogP contribution in [0.2, 0.25) is 0 Å². The molecule has 1 nitrogen and oxygen atoms in total. The Bertz CT molecular complexity index is 183. The first kappa shape index (κ1) is 24.3. The van der Waals surface area contributed by atoms with Crippen LogP contribution in [0.15, 0.2) is 0 Å². The molecule has 131 valence electrons. The van der Waals surface area contributed by atoms with Crippen molar-refractivity contribution in [3.05, 3.63) is 0 Å². The molecule has 0 fully saturated rings. The fraction of sp³-hybridized carbons (Fsp3) is 1.00. The number of unbranched alkanes of at least 4 members (excludes halogenated alkanes) is 15. The van der Waals surface area contributed by atoms with Gasteiger partial charge in [0, 0.05) is 8.41 Å². The highest BCUT2D eigenvalue weighted by molar-refractivity contribution is 5.75. The van der Waals surface area contributed by atoms with Crippen molar-refractivity contribution in [2.24, 2.45) is 0 Å². The van der Waals surface area contributed by atoms with Crippen molar-refractivity contribution in [2.45, 2.75) is 110 Å². The summed E-state index contributed by atoms with van der Waals surface area (Å²) in [4.78, 5) is 2.30. The van der Waals surface area contributed by atoms with Crippen molar-refractivity contribution < 1.29 is 0 Å². The zero-order valence-electron chi connectivity index (χ0n) is 16.0. The quantitative estimate of drug-likeness (QED) is 0.221. The molecule has 2 heteroatoms. The van der Waals surface area contributed by atoms with Crippen LogP contribution in [0.25, 0.3) is 0 Å².